The normalized spacial score (nSPS) is 11.9. The van der Waals surface area contributed by atoms with E-state index in [1.54, 1.807) is 0 Å². The van der Waals surface area contributed by atoms with E-state index in [1.807, 2.05) is 49.1 Å². The molecule has 66 heavy (non-hydrogen) atoms. The van der Waals surface area contributed by atoms with Crippen LogP contribution in [0.15, 0.2) is 195 Å². The Balaban J connectivity index is 1.07. The third kappa shape index (κ3) is 5.72. The molecule has 14 aromatic rings. The molecule has 0 bridgehead atoms. The molecule has 0 aliphatic rings. The molecule has 8 nitrogen and oxygen atoms in total. The van der Waals surface area contributed by atoms with Crippen LogP contribution >= 0.6 is 0 Å². The zero-order chi connectivity index (χ0) is 43.3. The highest BCUT2D eigenvalue weighted by Gasteiger charge is 2.20. The van der Waals surface area contributed by atoms with Gasteiger partial charge in [0.1, 0.15) is 0 Å². The molecular weight excluding hydrogens is 809 g/mol. The highest BCUT2D eigenvalue weighted by atomic mass is 14.8. The summed E-state index contributed by atoms with van der Waals surface area (Å²) in [5, 5.41) is 10.3. The summed E-state index contributed by atoms with van der Waals surface area (Å²) >= 11 is 0. The molecule has 14 rings (SSSR count). The minimum atomic E-state index is 0.818. The first-order chi connectivity index (χ1) is 32.7. The predicted octanol–water partition coefficient (Wildman–Crippen LogP) is 13.9. The van der Waals surface area contributed by atoms with Gasteiger partial charge in [0.05, 0.1) is 66.9 Å². The topological polar surface area (TPSA) is 103 Å². The second kappa shape index (κ2) is 14.2. The summed E-state index contributed by atoms with van der Waals surface area (Å²) in [6.07, 6.45) is 7.32. The van der Waals surface area contributed by atoms with Gasteiger partial charge in [0.15, 0.2) is 0 Å². The second-order valence-electron chi connectivity index (χ2n) is 16.8. The van der Waals surface area contributed by atoms with Gasteiger partial charge in [-0.2, -0.15) is 0 Å². The summed E-state index contributed by atoms with van der Waals surface area (Å²) in [6.45, 7) is 0. The van der Waals surface area contributed by atoms with Crippen LogP contribution in [-0.2, 0) is 0 Å². The van der Waals surface area contributed by atoms with E-state index in [0.29, 0.717) is 0 Å². The van der Waals surface area contributed by atoms with E-state index in [4.69, 9.17) is 39.9 Å². The summed E-state index contributed by atoms with van der Waals surface area (Å²) in [5.41, 5.74) is 13.9. The fraction of sp³-hybridized carbons (Fsp3) is 0. The average molecular weight is 841 g/mol. The minimum absolute atomic E-state index is 0.818. The zero-order valence-electron chi connectivity index (χ0n) is 35.1. The first-order valence-electron chi connectivity index (χ1n) is 21.9. The van der Waals surface area contributed by atoms with Crippen LogP contribution in [0.2, 0.25) is 0 Å². The number of hydrogen-bond donors (Lipinski definition) is 0. The van der Waals surface area contributed by atoms with Gasteiger partial charge in [0, 0.05) is 90.1 Å². The number of nitrogens with zero attached hydrogens (tertiary/aromatic N) is 8. The zero-order valence-corrected chi connectivity index (χ0v) is 35.1. The maximum Gasteiger partial charge on any atom is 0.0972 e. The van der Waals surface area contributed by atoms with Crippen LogP contribution in [0.5, 0.6) is 0 Å². The van der Waals surface area contributed by atoms with Crippen molar-refractivity contribution in [3.8, 4) is 45.0 Å². The average Bonchev–Trinajstić information content (AvgIpc) is 3.39. The lowest BCUT2D eigenvalue weighted by Crippen LogP contribution is -1.96. The molecule has 8 heteroatoms. The quantitative estimate of drug-likeness (QED) is 0.161. The summed E-state index contributed by atoms with van der Waals surface area (Å²) in [5.74, 6) is 0. The Morgan fingerprint density at radius 2 is 0.409 bits per heavy atom. The third-order valence-electron chi connectivity index (χ3n) is 12.9. The third-order valence-corrected chi connectivity index (χ3v) is 12.9. The Bertz CT molecular complexity index is 3820. The predicted molar refractivity (Wildman–Crippen MR) is 268 cm³/mol. The van der Waals surface area contributed by atoms with Gasteiger partial charge in [-0.25, -0.2) is 19.9 Å². The molecule has 8 heterocycles. The van der Waals surface area contributed by atoms with Crippen molar-refractivity contribution >= 4 is 98.0 Å². The van der Waals surface area contributed by atoms with Crippen LogP contribution in [0.3, 0.4) is 0 Å². The number of pyridine rings is 8. The van der Waals surface area contributed by atoms with E-state index in [0.717, 1.165) is 143 Å². The van der Waals surface area contributed by atoms with Crippen molar-refractivity contribution in [1.82, 2.24) is 39.9 Å². The highest BCUT2D eigenvalue weighted by Crippen LogP contribution is 2.42. The molecule has 8 aromatic heterocycles. The Morgan fingerprint density at radius 1 is 0.197 bits per heavy atom. The Hall–Kier alpha value is -9.14. The fourth-order valence-electron chi connectivity index (χ4n) is 9.69. The molecule has 0 saturated heterocycles. The van der Waals surface area contributed by atoms with E-state index in [1.165, 1.54) is 0 Å². The maximum atomic E-state index is 5.40. The number of rotatable bonds is 4. The van der Waals surface area contributed by atoms with Gasteiger partial charge >= 0.3 is 0 Å². The Morgan fingerprint density at radius 3 is 0.652 bits per heavy atom. The number of benzene rings is 6. The largest absolute Gasteiger partial charge is 0.254 e. The lowest BCUT2D eigenvalue weighted by Gasteiger charge is -2.17. The SMILES string of the molecule is c1cnc2c(c1)ccc1ccc(-c3cc4cc(-c5ccc6ccc7cccnc7c6n5)c(-c5ccc6ccc7cccnc7c6n5)cc4cc3-c3ccc4ccc5cccnc5c4n3)nc12. The summed E-state index contributed by atoms with van der Waals surface area (Å²) in [7, 11) is 0. The van der Waals surface area contributed by atoms with Gasteiger partial charge in [0.25, 0.3) is 0 Å². The molecule has 0 saturated carbocycles. The van der Waals surface area contributed by atoms with E-state index >= 15 is 0 Å². The maximum absolute atomic E-state index is 5.40. The lowest BCUT2D eigenvalue weighted by atomic mass is 9.90. The smallest absolute Gasteiger partial charge is 0.0972 e. The van der Waals surface area contributed by atoms with Crippen molar-refractivity contribution in [2.24, 2.45) is 0 Å². The standard InChI is InChI=1S/C58H32N8/c1-5-33-9-13-37-17-21-47(63-55(37)51(33)59-25-1)43-29-41-31-45(49-23-19-39-15-11-35-7-3-27-61-53(35)57(39)65-49)46(50-24-20-40-16-12-36-8-4-28-62-54(36)58(40)66-50)32-42(41)30-44(43)48-22-18-38-14-10-34-6-2-26-60-52(34)56(38)64-48/h1-32H. The van der Waals surface area contributed by atoms with E-state index in [9.17, 15) is 0 Å². The van der Waals surface area contributed by atoms with E-state index in [-0.39, 0.29) is 0 Å². The molecule has 0 unspecified atom stereocenters. The molecule has 6 aromatic carbocycles. The molecule has 0 aliphatic carbocycles. The monoisotopic (exact) mass is 840 g/mol. The fourth-order valence-corrected chi connectivity index (χ4v) is 9.69. The van der Waals surface area contributed by atoms with Crippen LogP contribution in [-0.4, -0.2) is 39.9 Å². The summed E-state index contributed by atoms with van der Waals surface area (Å²) < 4.78 is 0. The lowest BCUT2D eigenvalue weighted by molar-refractivity contribution is 1.35. The van der Waals surface area contributed by atoms with Crippen molar-refractivity contribution in [3.63, 3.8) is 0 Å². The number of aromatic nitrogens is 8. The van der Waals surface area contributed by atoms with Gasteiger partial charge in [-0.3, -0.25) is 19.9 Å². The van der Waals surface area contributed by atoms with Crippen molar-refractivity contribution in [1.29, 1.82) is 0 Å². The molecule has 0 aliphatic heterocycles. The van der Waals surface area contributed by atoms with Crippen molar-refractivity contribution < 1.29 is 0 Å². The van der Waals surface area contributed by atoms with Crippen LogP contribution in [0.1, 0.15) is 0 Å². The van der Waals surface area contributed by atoms with Gasteiger partial charge < -0.3 is 0 Å². The first-order valence-corrected chi connectivity index (χ1v) is 21.9. The Labute approximate surface area is 376 Å². The van der Waals surface area contributed by atoms with Crippen molar-refractivity contribution in [3.05, 3.63) is 195 Å². The second-order valence-corrected chi connectivity index (χ2v) is 16.8. The molecule has 0 radical (unpaired) electrons. The van der Waals surface area contributed by atoms with Crippen LogP contribution in [0.25, 0.3) is 143 Å². The first kappa shape index (κ1) is 36.4. The van der Waals surface area contributed by atoms with Crippen molar-refractivity contribution in [2.75, 3.05) is 0 Å². The summed E-state index contributed by atoms with van der Waals surface area (Å²) in [6, 6.07) is 59.0. The van der Waals surface area contributed by atoms with Crippen LogP contribution in [0.4, 0.5) is 0 Å². The van der Waals surface area contributed by atoms with Crippen LogP contribution < -0.4 is 0 Å². The van der Waals surface area contributed by atoms with Crippen LogP contribution in [0, 0.1) is 0 Å². The number of fused-ring (bicyclic) bond motifs is 13. The Kier molecular flexibility index (Phi) is 7.81. The van der Waals surface area contributed by atoms with Gasteiger partial charge in [-0.1, -0.05) is 97.1 Å². The molecular formula is C58H32N8. The molecule has 0 N–H and O–H groups in total. The van der Waals surface area contributed by atoms with Gasteiger partial charge in [-0.05, 0) is 83.6 Å². The highest BCUT2D eigenvalue weighted by molar-refractivity contribution is 6.09. The molecule has 0 spiro atoms. The minimum Gasteiger partial charge on any atom is -0.254 e. The summed E-state index contributed by atoms with van der Waals surface area (Å²) in [4.78, 5) is 40.8. The molecule has 0 amide bonds. The van der Waals surface area contributed by atoms with Crippen molar-refractivity contribution in [2.45, 2.75) is 0 Å². The van der Waals surface area contributed by atoms with Gasteiger partial charge in [-0.15, -0.1) is 0 Å². The molecule has 304 valence electrons. The molecule has 0 atom stereocenters. The van der Waals surface area contributed by atoms with E-state index in [2.05, 4.69) is 146 Å². The molecule has 0 fully saturated rings. The van der Waals surface area contributed by atoms with Gasteiger partial charge in [0.2, 0.25) is 0 Å². The van der Waals surface area contributed by atoms with E-state index < -0.39 is 0 Å². The number of hydrogen-bond acceptors (Lipinski definition) is 8.